The van der Waals surface area contributed by atoms with E-state index < -0.39 is 5.97 Å². The zero-order valence-corrected chi connectivity index (χ0v) is 10.9. The monoisotopic (exact) mass is 263 g/mol. The third kappa shape index (κ3) is 2.47. The van der Waals surface area contributed by atoms with Crippen LogP contribution in [-0.4, -0.2) is 35.9 Å². The molecular formula is C12H17N5O2. The van der Waals surface area contributed by atoms with Gasteiger partial charge in [-0.05, 0) is 12.8 Å². The van der Waals surface area contributed by atoms with Crippen molar-refractivity contribution in [1.82, 2.24) is 9.78 Å². The standard InChI is InChI=1S/C12H17N5O2/c1-19-12(18)9-10(14)17(8-4-5-13)15-11(9)16-6-2-3-7-16/h2-4,6-8,14H2,1H3. The van der Waals surface area contributed by atoms with Crippen LogP contribution >= 0.6 is 0 Å². The summed E-state index contributed by atoms with van der Waals surface area (Å²) in [6, 6.07) is 2.04. The fourth-order valence-electron chi connectivity index (χ4n) is 2.24. The molecule has 7 nitrogen and oxygen atoms in total. The van der Waals surface area contributed by atoms with Crippen LogP contribution < -0.4 is 10.6 Å². The summed E-state index contributed by atoms with van der Waals surface area (Å²) in [5.74, 6) is 0.353. The summed E-state index contributed by atoms with van der Waals surface area (Å²) >= 11 is 0. The van der Waals surface area contributed by atoms with E-state index in [-0.39, 0.29) is 5.82 Å². The third-order valence-corrected chi connectivity index (χ3v) is 3.20. The number of hydrogen-bond donors (Lipinski definition) is 1. The molecule has 1 fully saturated rings. The molecule has 1 aliphatic rings. The Kier molecular flexibility index (Phi) is 3.90. The van der Waals surface area contributed by atoms with Gasteiger partial charge in [-0.1, -0.05) is 0 Å². The largest absolute Gasteiger partial charge is 0.465 e. The van der Waals surface area contributed by atoms with Crippen LogP contribution in [0.4, 0.5) is 11.6 Å². The number of nitrogens with zero attached hydrogens (tertiary/aromatic N) is 4. The lowest BCUT2D eigenvalue weighted by Crippen LogP contribution is -2.21. The molecular weight excluding hydrogens is 246 g/mol. The Morgan fingerprint density at radius 3 is 2.79 bits per heavy atom. The van der Waals surface area contributed by atoms with Crippen molar-refractivity contribution in [2.75, 3.05) is 30.8 Å². The van der Waals surface area contributed by atoms with E-state index >= 15 is 0 Å². The van der Waals surface area contributed by atoms with Gasteiger partial charge in [0.15, 0.2) is 5.82 Å². The Bertz CT molecular complexity index is 511. The van der Waals surface area contributed by atoms with Crippen molar-refractivity contribution in [2.45, 2.75) is 25.8 Å². The van der Waals surface area contributed by atoms with E-state index in [9.17, 15) is 4.79 Å². The molecule has 1 aromatic rings. The lowest BCUT2D eigenvalue weighted by Gasteiger charge is -2.15. The van der Waals surface area contributed by atoms with Crippen LogP contribution in [0.3, 0.4) is 0 Å². The lowest BCUT2D eigenvalue weighted by atomic mass is 10.3. The van der Waals surface area contributed by atoms with E-state index in [4.69, 9.17) is 15.7 Å². The van der Waals surface area contributed by atoms with Gasteiger partial charge in [-0.15, -0.1) is 0 Å². The fourth-order valence-corrected chi connectivity index (χ4v) is 2.24. The minimum absolute atomic E-state index is 0.268. The summed E-state index contributed by atoms with van der Waals surface area (Å²) < 4.78 is 6.27. The molecule has 1 aromatic heterocycles. The van der Waals surface area contributed by atoms with Crippen LogP contribution in [0, 0.1) is 11.3 Å². The fraction of sp³-hybridized carbons (Fsp3) is 0.583. The number of aryl methyl sites for hydroxylation is 1. The number of anilines is 2. The molecule has 0 radical (unpaired) electrons. The van der Waals surface area contributed by atoms with Crippen molar-refractivity contribution in [2.24, 2.45) is 0 Å². The molecule has 0 bridgehead atoms. The quantitative estimate of drug-likeness (QED) is 0.806. The van der Waals surface area contributed by atoms with Crippen LogP contribution in [0.1, 0.15) is 29.6 Å². The average molecular weight is 263 g/mol. The van der Waals surface area contributed by atoms with Crippen molar-refractivity contribution in [3.63, 3.8) is 0 Å². The molecule has 0 saturated carbocycles. The average Bonchev–Trinajstić information content (AvgIpc) is 3.03. The van der Waals surface area contributed by atoms with Gasteiger partial charge in [0, 0.05) is 13.1 Å². The highest BCUT2D eigenvalue weighted by atomic mass is 16.5. The van der Waals surface area contributed by atoms with Crippen molar-refractivity contribution in [3.8, 4) is 6.07 Å². The molecule has 0 atom stereocenters. The van der Waals surface area contributed by atoms with Crippen LogP contribution in [0.5, 0.6) is 0 Å². The summed E-state index contributed by atoms with van der Waals surface area (Å²) in [4.78, 5) is 13.9. The van der Waals surface area contributed by atoms with Gasteiger partial charge >= 0.3 is 5.97 Å². The first-order valence-corrected chi connectivity index (χ1v) is 6.25. The maximum Gasteiger partial charge on any atom is 0.345 e. The molecule has 7 heteroatoms. The molecule has 1 saturated heterocycles. The summed E-state index contributed by atoms with van der Waals surface area (Å²) in [7, 11) is 1.32. The van der Waals surface area contributed by atoms with Crippen LogP contribution in [0.25, 0.3) is 0 Å². The molecule has 19 heavy (non-hydrogen) atoms. The molecule has 0 aliphatic carbocycles. The number of nitriles is 1. The molecule has 0 unspecified atom stereocenters. The van der Waals surface area contributed by atoms with Crippen molar-refractivity contribution < 1.29 is 9.53 Å². The first-order valence-electron chi connectivity index (χ1n) is 6.25. The first kappa shape index (κ1) is 13.2. The second kappa shape index (κ2) is 5.61. The first-order chi connectivity index (χ1) is 9.19. The zero-order valence-electron chi connectivity index (χ0n) is 10.9. The number of methoxy groups -OCH3 is 1. The molecule has 1 aliphatic heterocycles. The lowest BCUT2D eigenvalue weighted by molar-refractivity contribution is 0.0602. The third-order valence-electron chi connectivity index (χ3n) is 3.20. The molecule has 0 amide bonds. The van der Waals surface area contributed by atoms with E-state index in [2.05, 4.69) is 5.10 Å². The highest BCUT2D eigenvalue weighted by Crippen LogP contribution is 2.28. The zero-order chi connectivity index (χ0) is 13.8. The Labute approximate surface area is 111 Å². The number of ether oxygens (including phenoxy) is 1. The van der Waals surface area contributed by atoms with Gasteiger partial charge < -0.3 is 15.4 Å². The molecule has 102 valence electrons. The van der Waals surface area contributed by atoms with Gasteiger partial charge in [0.05, 0.1) is 26.1 Å². The second-order valence-corrected chi connectivity index (χ2v) is 4.40. The van der Waals surface area contributed by atoms with Crippen LogP contribution in [0.15, 0.2) is 0 Å². The van der Waals surface area contributed by atoms with Crippen molar-refractivity contribution in [3.05, 3.63) is 5.56 Å². The highest BCUT2D eigenvalue weighted by molar-refractivity contribution is 5.99. The number of aromatic nitrogens is 2. The van der Waals surface area contributed by atoms with E-state index in [1.165, 1.54) is 11.8 Å². The van der Waals surface area contributed by atoms with Gasteiger partial charge in [-0.3, -0.25) is 0 Å². The minimum atomic E-state index is -0.484. The van der Waals surface area contributed by atoms with Gasteiger partial charge in [0.1, 0.15) is 11.4 Å². The topological polar surface area (TPSA) is 97.2 Å². The number of carbonyl (C=O) groups is 1. The maximum atomic E-state index is 11.9. The number of nitrogens with two attached hydrogens (primary N) is 1. The summed E-state index contributed by atoms with van der Waals surface area (Å²) in [5, 5.41) is 13.0. The molecule has 0 aromatic carbocycles. The maximum absolute atomic E-state index is 11.9. The van der Waals surface area contributed by atoms with E-state index in [0.29, 0.717) is 24.3 Å². The van der Waals surface area contributed by atoms with E-state index in [1.807, 2.05) is 11.0 Å². The number of hydrogen-bond acceptors (Lipinski definition) is 6. The smallest absolute Gasteiger partial charge is 0.345 e. The SMILES string of the molecule is COC(=O)c1c(N2CCCC2)nn(CCC#N)c1N. The van der Waals surface area contributed by atoms with E-state index in [1.54, 1.807) is 0 Å². The normalized spacial score (nSPS) is 14.4. The van der Waals surface area contributed by atoms with Crippen molar-refractivity contribution in [1.29, 1.82) is 5.26 Å². The summed E-state index contributed by atoms with van der Waals surface area (Å²) in [5.41, 5.74) is 6.26. The van der Waals surface area contributed by atoms with Crippen molar-refractivity contribution >= 4 is 17.6 Å². The van der Waals surface area contributed by atoms with Gasteiger partial charge in [-0.25, -0.2) is 9.48 Å². The van der Waals surface area contributed by atoms with Crippen LogP contribution in [0.2, 0.25) is 0 Å². The highest BCUT2D eigenvalue weighted by Gasteiger charge is 2.28. The number of nitrogen functional groups attached to an aromatic ring is 1. The minimum Gasteiger partial charge on any atom is -0.465 e. The predicted octanol–water partition coefficient (Wildman–Crippen LogP) is 0.766. The second-order valence-electron chi connectivity index (χ2n) is 4.40. The van der Waals surface area contributed by atoms with Gasteiger partial charge in [0.25, 0.3) is 0 Å². The number of esters is 1. The molecule has 2 N–H and O–H groups in total. The number of rotatable bonds is 4. The Balaban J connectivity index is 2.39. The molecule has 2 rings (SSSR count). The predicted molar refractivity (Wildman–Crippen MR) is 69.7 cm³/mol. The van der Waals surface area contributed by atoms with Gasteiger partial charge in [0.2, 0.25) is 0 Å². The Morgan fingerprint density at radius 2 is 2.21 bits per heavy atom. The Hall–Kier alpha value is -2.23. The number of carbonyl (C=O) groups excluding carboxylic acids is 1. The molecule has 2 heterocycles. The summed E-state index contributed by atoms with van der Waals surface area (Å²) in [6.45, 7) is 2.09. The summed E-state index contributed by atoms with van der Waals surface area (Å²) in [6.07, 6.45) is 2.45. The van der Waals surface area contributed by atoms with E-state index in [0.717, 1.165) is 25.9 Å². The van der Waals surface area contributed by atoms with Gasteiger partial charge in [-0.2, -0.15) is 10.4 Å². The molecule has 0 spiro atoms. The van der Waals surface area contributed by atoms with Crippen LogP contribution in [-0.2, 0) is 11.3 Å². The Morgan fingerprint density at radius 1 is 1.53 bits per heavy atom.